The van der Waals surface area contributed by atoms with Crippen molar-refractivity contribution in [2.45, 2.75) is 12.5 Å². The van der Waals surface area contributed by atoms with Gasteiger partial charge in [0.1, 0.15) is 11.9 Å². The second kappa shape index (κ2) is 5.33. The number of aliphatic hydroxyl groups is 1. The van der Waals surface area contributed by atoms with Crippen LogP contribution in [0, 0.1) is 5.82 Å². The molecule has 0 aliphatic carbocycles. The minimum atomic E-state index is -0.848. The van der Waals surface area contributed by atoms with E-state index in [1.165, 1.54) is 24.7 Å². The van der Waals surface area contributed by atoms with E-state index in [0.29, 0.717) is 15.7 Å². The molecular formula is C12H10BrFN2O. The van der Waals surface area contributed by atoms with Crippen LogP contribution in [0.5, 0.6) is 0 Å². The SMILES string of the molecule is OC(Cc1ccc(Br)cc1F)c1cnccn1. The lowest BCUT2D eigenvalue weighted by Gasteiger charge is -2.10. The Labute approximate surface area is 106 Å². The molecule has 0 saturated heterocycles. The van der Waals surface area contributed by atoms with Crippen LogP contribution in [-0.2, 0) is 6.42 Å². The third-order valence-corrected chi connectivity index (χ3v) is 2.85. The van der Waals surface area contributed by atoms with E-state index in [1.54, 1.807) is 12.1 Å². The maximum atomic E-state index is 13.5. The van der Waals surface area contributed by atoms with Crippen LogP contribution in [0.4, 0.5) is 4.39 Å². The summed E-state index contributed by atoms with van der Waals surface area (Å²) in [6.07, 6.45) is 3.82. The Hall–Kier alpha value is -1.33. The molecule has 1 N–H and O–H groups in total. The van der Waals surface area contributed by atoms with Gasteiger partial charge in [-0.05, 0) is 17.7 Å². The Kier molecular flexibility index (Phi) is 3.81. The number of hydrogen-bond donors (Lipinski definition) is 1. The monoisotopic (exact) mass is 296 g/mol. The van der Waals surface area contributed by atoms with Crippen LogP contribution in [0.15, 0.2) is 41.3 Å². The molecule has 2 rings (SSSR count). The van der Waals surface area contributed by atoms with E-state index in [2.05, 4.69) is 25.9 Å². The second-order valence-electron chi connectivity index (χ2n) is 3.59. The fourth-order valence-corrected chi connectivity index (χ4v) is 1.82. The largest absolute Gasteiger partial charge is 0.386 e. The summed E-state index contributed by atoms with van der Waals surface area (Å²) in [6, 6.07) is 4.75. The van der Waals surface area contributed by atoms with Crippen LogP contribution < -0.4 is 0 Å². The quantitative estimate of drug-likeness (QED) is 0.947. The lowest BCUT2D eigenvalue weighted by Crippen LogP contribution is -2.05. The number of nitrogens with zero attached hydrogens (tertiary/aromatic N) is 2. The molecule has 0 fully saturated rings. The van der Waals surface area contributed by atoms with Crippen LogP contribution in [0.3, 0.4) is 0 Å². The molecule has 88 valence electrons. The van der Waals surface area contributed by atoms with Crippen molar-refractivity contribution in [1.82, 2.24) is 9.97 Å². The molecule has 0 saturated carbocycles. The number of aliphatic hydroxyl groups excluding tert-OH is 1. The van der Waals surface area contributed by atoms with Crippen molar-refractivity contribution in [1.29, 1.82) is 0 Å². The molecule has 0 amide bonds. The molecule has 1 heterocycles. The summed E-state index contributed by atoms with van der Waals surface area (Å²) in [5, 5.41) is 9.89. The van der Waals surface area contributed by atoms with E-state index in [4.69, 9.17) is 0 Å². The van der Waals surface area contributed by atoms with Gasteiger partial charge in [-0.1, -0.05) is 22.0 Å². The van der Waals surface area contributed by atoms with Crippen LogP contribution in [0.25, 0.3) is 0 Å². The molecule has 0 spiro atoms. The number of benzene rings is 1. The van der Waals surface area contributed by atoms with E-state index in [9.17, 15) is 9.50 Å². The lowest BCUT2D eigenvalue weighted by atomic mass is 10.1. The minimum absolute atomic E-state index is 0.178. The normalized spacial score (nSPS) is 12.4. The van der Waals surface area contributed by atoms with Crippen molar-refractivity contribution in [2.75, 3.05) is 0 Å². The highest BCUT2D eigenvalue weighted by atomic mass is 79.9. The third-order valence-electron chi connectivity index (χ3n) is 2.35. The predicted molar refractivity (Wildman–Crippen MR) is 64.8 cm³/mol. The molecule has 0 aliphatic heterocycles. The lowest BCUT2D eigenvalue weighted by molar-refractivity contribution is 0.172. The molecule has 0 bridgehead atoms. The van der Waals surface area contributed by atoms with Gasteiger partial charge in [-0.25, -0.2) is 4.39 Å². The van der Waals surface area contributed by atoms with Crippen molar-refractivity contribution in [3.05, 3.63) is 58.3 Å². The Morgan fingerprint density at radius 2 is 2.18 bits per heavy atom. The summed E-state index contributed by atoms with van der Waals surface area (Å²) in [7, 11) is 0. The number of aromatic nitrogens is 2. The van der Waals surface area contributed by atoms with Crippen molar-refractivity contribution < 1.29 is 9.50 Å². The average Bonchev–Trinajstić information content (AvgIpc) is 2.34. The standard InChI is InChI=1S/C12H10BrFN2O/c13-9-2-1-8(10(14)6-9)5-12(17)11-7-15-3-4-16-11/h1-4,6-7,12,17H,5H2. The van der Waals surface area contributed by atoms with Gasteiger partial charge in [0.15, 0.2) is 0 Å². The molecule has 1 aromatic carbocycles. The summed E-state index contributed by atoms with van der Waals surface area (Å²) in [5.41, 5.74) is 0.890. The zero-order chi connectivity index (χ0) is 12.3. The summed E-state index contributed by atoms with van der Waals surface area (Å²) in [5.74, 6) is -0.345. The van der Waals surface area contributed by atoms with Gasteiger partial charge in [0.05, 0.1) is 11.9 Å². The predicted octanol–water partition coefficient (Wildman–Crippen LogP) is 2.65. The first kappa shape index (κ1) is 12.1. The average molecular weight is 297 g/mol. The van der Waals surface area contributed by atoms with Gasteiger partial charge in [-0.15, -0.1) is 0 Å². The smallest absolute Gasteiger partial charge is 0.127 e. The molecule has 17 heavy (non-hydrogen) atoms. The summed E-state index contributed by atoms with van der Waals surface area (Å²) >= 11 is 3.18. The van der Waals surface area contributed by atoms with Gasteiger partial charge in [0, 0.05) is 23.3 Å². The summed E-state index contributed by atoms with van der Waals surface area (Å²) in [6.45, 7) is 0. The zero-order valence-electron chi connectivity index (χ0n) is 8.85. The van der Waals surface area contributed by atoms with Crippen LogP contribution in [0.2, 0.25) is 0 Å². The minimum Gasteiger partial charge on any atom is -0.386 e. The molecule has 1 atom stereocenters. The van der Waals surface area contributed by atoms with Gasteiger partial charge in [-0.3, -0.25) is 9.97 Å². The first-order valence-electron chi connectivity index (χ1n) is 5.04. The first-order valence-corrected chi connectivity index (χ1v) is 5.84. The van der Waals surface area contributed by atoms with E-state index in [0.717, 1.165) is 0 Å². The Morgan fingerprint density at radius 1 is 1.35 bits per heavy atom. The van der Waals surface area contributed by atoms with Gasteiger partial charge in [-0.2, -0.15) is 0 Å². The molecule has 0 aliphatic rings. The van der Waals surface area contributed by atoms with Crippen molar-refractivity contribution in [3.8, 4) is 0 Å². The third kappa shape index (κ3) is 3.08. The highest BCUT2D eigenvalue weighted by molar-refractivity contribution is 9.10. The number of rotatable bonds is 3. The molecule has 0 radical (unpaired) electrons. The van der Waals surface area contributed by atoms with E-state index in [-0.39, 0.29) is 12.2 Å². The Bertz CT molecular complexity index is 507. The molecular weight excluding hydrogens is 287 g/mol. The summed E-state index contributed by atoms with van der Waals surface area (Å²) in [4.78, 5) is 7.84. The topological polar surface area (TPSA) is 46.0 Å². The first-order chi connectivity index (χ1) is 8.16. The molecule has 1 aromatic heterocycles. The summed E-state index contributed by atoms with van der Waals surface area (Å²) < 4.78 is 14.2. The van der Waals surface area contributed by atoms with E-state index in [1.807, 2.05) is 0 Å². The van der Waals surface area contributed by atoms with Crippen LogP contribution in [-0.4, -0.2) is 15.1 Å². The Morgan fingerprint density at radius 3 is 2.82 bits per heavy atom. The fraction of sp³-hybridized carbons (Fsp3) is 0.167. The maximum absolute atomic E-state index is 13.5. The van der Waals surface area contributed by atoms with E-state index >= 15 is 0 Å². The fourth-order valence-electron chi connectivity index (χ4n) is 1.48. The number of hydrogen-bond acceptors (Lipinski definition) is 3. The number of halogens is 2. The molecule has 3 nitrogen and oxygen atoms in total. The Balaban J connectivity index is 2.16. The van der Waals surface area contributed by atoms with Crippen molar-refractivity contribution in [3.63, 3.8) is 0 Å². The second-order valence-corrected chi connectivity index (χ2v) is 4.50. The van der Waals surface area contributed by atoms with Crippen molar-refractivity contribution >= 4 is 15.9 Å². The maximum Gasteiger partial charge on any atom is 0.127 e. The van der Waals surface area contributed by atoms with Gasteiger partial charge in [0.2, 0.25) is 0 Å². The van der Waals surface area contributed by atoms with Crippen LogP contribution in [0.1, 0.15) is 17.4 Å². The van der Waals surface area contributed by atoms with Crippen LogP contribution >= 0.6 is 15.9 Å². The van der Waals surface area contributed by atoms with Crippen molar-refractivity contribution in [2.24, 2.45) is 0 Å². The molecule has 2 aromatic rings. The van der Waals surface area contributed by atoms with E-state index < -0.39 is 6.10 Å². The molecule has 1 unspecified atom stereocenters. The molecule has 5 heteroatoms. The highest BCUT2D eigenvalue weighted by Crippen LogP contribution is 2.20. The van der Waals surface area contributed by atoms with Gasteiger partial charge >= 0.3 is 0 Å². The zero-order valence-corrected chi connectivity index (χ0v) is 10.4. The highest BCUT2D eigenvalue weighted by Gasteiger charge is 2.12. The van der Waals surface area contributed by atoms with Gasteiger partial charge in [0.25, 0.3) is 0 Å². The van der Waals surface area contributed by atoms with Gasteiger partial charge < -0.3 is 5.11 Å².